The molecule has 8 rings (SSSR count). The minimum atomic E-state index is -0.639. The lowest BCUT2D eigenvalue weighted by atomic mass is 9.86. The SMILES string of the molecule is COCCN(CC1CCN(c2cnc(C(=O)NC3CCC(Oc4ccc(C#N)c(Cl)c4)CC3)cn2)CC1)C1CC(Oc2ccc3c(c2)CN(C2CCC(=O)NC2=O)C3=O)C1. The summed E-state index contributed by atoms with van der Waals surface area (Å²) in [6.45, 7) is 4.54. The van der Waals surface area contributed by atoms with E-state index >= 15 is 0 Å². The smallest absolute Gasteiger partial charge is 0.271 e. The lowest BCUT2D eigenvalue weighted by Gasteiger charge is -2.45. The van der Waals surface area contributed by atoms with E-state index in [9.17, 15) is 19.2 Å². The molecule has 2 saturated carbocycles. The number of nitrogens with zero attached hydrogens (tertiary/aromatic N) is 6. The number of amides is 4. The van der Waals surface area contributed by atoms with Gasteiger partial charge in [-0.15, -0.1) is 0 Å². The summed E-state index contributed by atoms with van der Waals surface area (Å²) in [5.74, 6) is 1.54. The van der Waals surface area contributed by atoms with Crippen molar-refractivity contribution in [3.63, 3.8) is 0 Å². The Bertz CT molecular complexity index is 2110. The van der Waals surface area contributed by atoms with Crippen LogP contribution < -0.4 is 25.0 Å². The molecule has 3 aliphatic heterocycles. The molecule has 3 aromatic rings. The summed E-state index contributed by atoms with van der Waals surface area (Å²) in [7, 11) is 1.73. The maximum absolute atomic E-state index is 13.1. The van der Waals surface area contributed by atoms with Crippen LogP contribution in [0.1, 0.15) is 96.2 Å². The molecule has 0 bridgehead atoms. The molecule has 4 amide bonds. The Hall–Kier alpha value is -5.30. The molecule has 1 aromatic heterocycles. The molecule has 16 heteroatoms. The third-order valence-corrected chi connectivity index (χ3v) is 13.0. The number of piperidine rings is 2. The minimum Gasteiger partial charge on any atom is -0.490 e. The largest absolute Gasteiger partial charge is 0.490 e. The fourth-order valence-electron chi connectivity index (χ4n) is 9.09. The highest BCUT2D eigenvalue weighted by Crippen LogP contribution is 2.35. The average Bonchev–Trinajstić information content (AvgIpc) is 3.56. The molecule has 15 nitrogen and oxygen atoms in total. The third-order valence-electron chi connectivity index (χ3n) is 12.6. The second-order valence-corrected chi connectivity index (χ2v) is 17.0. The second kappa shape index (κ2) is 18.5. The first-order valence-electron chi connectivity index (χ1n) is 21.1. The number of benzene rings is 2. The first kappa shape index (κ1) is 41.4. The lowest BCUT2D eigenvalue weighted by molar-refractivity contribution is -0.136. The number of nitrogens with one attached hydrogen (secondary N) is 2. The van der Waals surface area contributed by atoms with E-state index in [2.05, 4.69) is 36.5 Å². The van der Waals surface area contributed by atoms with Crippen molar-refractivity contribution >= 4 is 41.0 Å². The first-order valence-corrected chi connectivity index (χ1v) is 21.4. The normalized spacial score (nSPS) is 24.4. The number of carbonyl (C=O) groups is 4. The minimum absolute atomic E-state index is 0.0199. The Labute approximate surface area is 354 Å². The summed E-state index contributed by atoms with van der Waals surface area (Å²) in [6, 6.07) is 12.5. The molecule has 5 aliphatic rings. The topological polar surface area (TPSA) is 179 Å². The summed E-state index contributed by atoms with van der Waals surface area (Å²) >= 11 is 6.16. The maximum Gasteiger partial charge on any atom is 0.271 e. The number of hydrogen-bond acceptors (Lipinski definition) is 12. The second-order valence-electron chi connectivity index (χ2n) is 16.6. The third kappa shape index (κ3) is 9.51. The Morgan fingerprint density at radius 1 is 0.967 bits per heavy atom. The van der Waals surface area contributed by atoms with Crippen molar-refractivity contribution in [1.29, 1.82) is 5.26 Å². The van der Waals surface area contributed by atoms with E-state index in [4.69, 9.17) is 31.1 Å². The van der Waals surface area contributed by atoms with Gasteiger partial charge in [0.1, 0.15) is 41.2 Å². The molecule has 4 heterocycles. The van der Waals surface area contributed by atoms with E-state index in [0.717, 1.165) is 94.7 Å². The average molecular weight is 839 g/mol. The molecule has 2 saturated heterocycles. The van der Waals surface area contributed by atoms with Gasteiger partial charge in [0.25, 0.3) is 11.8 Å². The zero-order valence-electron chi connectivity index (χ0n) is 33.8. The number of nitriles is 1. The van der Waals surface area contributed by atoms with Gasteiger partial charge in [-0.1, -0.05) is 11.6 Å². The molecule has 2 aliphatic carbocycles. The highest BCUT2D eigenvalue weighted by Gasteiger charge is 2.40. The van der Waals surface area contributed by atoms with Crippen LogP contribution in [-0.2, 0) is 20.9 Å². The highest BCUT2D eigenvalue weighted by atomic mass is 35.5. The Morgan fingerprint density at radius 2 is 1.72 bits per heavy atom. The van der Waals surface area contributed by atoms with Crippen LogP contribution in [0.25, 0.3) is 0 Å². The van der Waals surface area contributed by atoms with E-state index < -0.39 is 11.9 Å². The van der Waals surface area contributed by atoms with Gasteiger partial charge < -0.3 is 29.3 Å². The number of halogens is 1. The Kier molecular flexibility index (Phi) is 12.8. The molecule has 316 valence electrons. The van der Waals surface area contributed by atoms with E-state index in [-0.39, 0.29) is 42.4 Å². The number of hydrogen-bond donors (Lipinski definition) is 2. The van der Waals surface area contributed by atoms with Crippen molar-refractivity contribution in [3.8, 4) is 17.6 Å². The molecule has 2 aromatic carbocycles. The quantitative estimate of drug-likeness (QED) is 0.215. The van der Waals surface area contributed by atoms with Crippen molar-refractivity contribution in [2.24, 2.45) is 5.92 Å². The fourth-order valence-corrected chi connectivity index (χ4v) is 9.31. The van der Waals surface area contributed by atoms with E-state index in [1.54, 1.807) is 48.7 Å². The standard InChI is InChI=1S/C44H51ClN8O7/c1-58-17-16-52(31-19-35(20-31)60-33-8-9-36-29(18-33)26-53(44(36)57)39-10-11-41(54)50-43(39)56)25-27-12-14-51(15-13-27)40-24-47-38(23-48-40)42(55)49-30-3-6-32(7-4-30)59-34-5-2-28(22-46)37(45)21-34/h2,5,8-9,18,21,23-24,27,30-32,35,39H,3-4,6-7,10-17,19-20,25-26H2,1H3,(H,49,55)(H,50,54,56). The summed E-state index contributed by atoms with van der Waals surface area (Å²) in [5, 5.41) is 14.9. The van der Waals surface area contributed by atoms with Crippen LogP contribution in [0.4, 0.5) is 5.82 Å². The molecule has 0 radical (unpaired) electrons. The molecule has 2 N–H and O–H groups in total. The van der Waals surface area contributed by atoms with Crippen LogP contribution in [-0.4, -0.2) is 114 Å². The van der Waals surface area contributed by atoms with Crippen LogP contribution in [0, 0.1) is 17.2 Å². The van der Waals surface area contributed by atoms with E-state index in [1.807, 2.05) is 12.1 Å². The van der Waals surface area contributed by atoms with Crippen molar-refractivity contribution in [2.75, 3.05) is 44.8 Å². The molecule has 4 fully saturated rings. The molecule has 60 heavy (non-hydrogen) atoms. The van der Waals surface area contributed by atoms with Gasteiger partial charge >= 0.3 is 0 Å². The number of rotatable bonds is 14. The Morgan fingerprint density at radius 3 is 2.42 bits per heavy atom. The van der Waals surface area contributed by atoms with Crippen LogP contribution in [0.3, 0.4) is 0 Å². The number of imide groups is 1. The van der Waals surface area contributed by atoms with Crippen LogP contribution in [0.2, 0.25) is 5.02 Å². The summed E-state index contributed by atoms with van der Waals surface area (Å²) in [6.07, 6.45) is 10.9. The fraction of sp³-hybridized carbons (Fsp3) is 0.523. The van der Waals surface area contributed by atoms with Gasteiger partial charge in [-0.25, -0.2) is 9.97 Å². The van der Waals surface area contributed by atoms with Crippen molar-refractivity contribution in [2.45, 2.75) is 101 Å². The van der Waals surface area contributed by atoms with Gasteiger partial charge in [-0.3, -0.25) is 29.4 Å². The molecular weight excluding hydrogens is 788 g/mol. The maximum atomic E-state index is 13.1. The van der Waals surface area contributed by atoms with Gasteiger partial charge in [0, 0.05) is 82.8 Å². The van der Waals surface area contributed by atoms with Crippen molar-refractivity contribution in [1.82, 2.24) is 30.4 Å². The van der Waals surface area contributed by atoms with Crippen LogP contribution in [0.5, 0.6) is 11.5 Å². The summed E-state index contributed by atoms with van der Waals surface area (Å²) in [5.41, 5.74) is 2.14. The molecule has 1 unspecified atom stereocenters. The zero-order valence-corrected chi connectivity index (χ0v) is 34.6. The van der Waals surface area contributed by atoms with Crippen LogP contribution in [0.15, 0.2) is 48.8 Å². The predicted molar refractivity (Wildman–Crippen MR) is 221 cm³/mol. The van der Waals surface area contributed by atoms with Crippen molar-refractivity contribution in [3.05, 3.63) is 76.2 Å². The Balaban J connectivity index is 0.759. The summed E-state index contributed by atoms with van der Waals surface area (Å²) in [4.78, 5) is 65.7. The number of aromatic nitrogens is 2. The number of methoxy groups -OCH3 is 1. The van der Waals surface area contributed by atoms with E-state index in [1.165, 1.54) is 0 Å². The van der Waals surface area contributed by atoms with Gasteiger partial charge in [0.15, 0.2) is 0 Å². The number of fused-ring (bicyclic) bond motifs is 1. The highest BCUT2D eigenvalue weighted by molar-refractivity contribution is 6.31. The van der Waals surface area contributed by atoms with E-state index in [0.29, 0.717) is 59.1 Å². The van der Waals surface area contributed by atoms with Crippen molar-refractivity contribution < 1.29 is 33.4 Å². The molecule has 1 atom stereocenters. The molecule has 0 spiro atoms. The van der Waals surface area contributed by atoms with Gasteiger partial charge in [0.2, 0.25) is 11.8 Å². The van der Waals surface area contributed by atoms with Gasteiger partial charge in [0.05, 0.1) is 35.7 Å². The number of carbonyl (C=O) groups excluding carboxylic acids is 4. The first-order chi connectivity index (χ1) is 29.1. The number of anilines is 1. The monoisotopic (exact) mass is 838 g/mol. The number of ether oxygens (including phenoxy) is 3. The zero-order chi connectivity index (χ0) is 41.8. The van der Waals surface area contributed by atoms with Crippen LogP contribution >= 0.6 is 11.6 Å². The van der Waals surface area contributed by atoms with Gasteiger partial charge in [-0.05, 0) is 86.8 Å². The predicted octanol–water partition coefficient (Wildman–Crippen LogP) is 4.66. The lowest BCUT2D eigenvalue weighted by Crippen LogP contribution is -2.52. The molecular formula is C44H51ClN8O7. The summed E-state index contributed by atoms with van der Waals surface area (Å²) < 4.78 is 18.0. The van der Waals surface area contributed by atoms with Gasteiger partial charge in [-0.2, -0.15) is 5.26 Å².